The maximum Gasteiger partial charge on any atom is 0.310 e. The van der Waals surface area contributed by atoms with Gasteiger partial charge in [-0.1, -0.05) is 140 Å². The molecule has 8 rings (SSSR count). The highest BCUT2D eigenvalue weighted by Gasteiger charge is 2.36. The second-order valence-corrected chi connectivity index (χ2v) is 13.7. The van der Waals surface area contributed by atoms with Crippen LogP contribution in [0.1, 0.15) is 27.7 Å². The Morgan fingerprint density at radius 3 is 1.64 bits per heavy atom. The summed E-state index contributed by atoms with van der Waals surface area (Å²) in [7, 11) is 0.408. The van der Waals surface area contributed by atoms with Crippen molar-refractivity contribution in [3.63, 3.8) is 0 Å². The fraction of sp³-hybridized carbons (Fsp3) is 0.136. The van der Waals surface area contributed by atoms with Crippen LogP contribution in [-0.2, 0) is 4.65 Å². The predicted octanol–water partition coefficient (Wildman–Crippen LogP) is 10.2. The first-order chi connectivity index (χ1) is 22.7. The summed E-state index contributed by atoms with van der Waals surface area (Å²) in [5, 5.41) is 15.7. The quantitative estimate of drug-likeness (QED) is 0.183. The van der Waals surface area contributed by atoms with Crippen molar-refractivity contribution in [1.29, 1.82) is 0 Å². The van der Waals surface area contributed by atoms with E-state index in [4.69, 9.17) is 4.65 Å². The van der Waals surface area contributed by atoms with Gasteiger partial charge in [-0.25, -0.2) is 0 Å². The molecule has 0 aromatic heterocycles. The molecule has 0 unspecified atom stereocenters. The van der Waals surface area contributed by atoms with Crippen molar-refractivity contribution in [3.8, 4) is 55.6 Å². The van der Waals surface area contributed by atoms with Gasteiger partial charge in [-0.05, 0) is 110 Å². The van der Waals surface area contributed by atoms with Gasteiger partial charge in [0.15, 0.2) is 0 Å². The Labute approximate surface area is 277 Å². The van der Waals surface area contributed by atoms with Crippen molar-refractivity contribution >= 4 is 34.5 Å². The fourth-order valence-corrected chi connectivity index (χ4v) is 7.18. The third-order valence-electron chi connectivity index (χ3n) is 10.3. The van der Waals surface area contributed by atoms with Gasteiger partial charge in [-0.15, -0.1) is 0 Å². The van der Waals surface area contributed by atoms with E-state index in [1.807, 2.05) is 27.7 Å². The third kappa shape index (κ3) is 4.73. The molecular weight excluding hydrogens is 571 g/mol. The molecule has 228 valence electrons. The highest BCUT2D eigenvalue weighted by molar-refractivity contribution is 6.52. The number of rotatable bonds is 7. The topological polar surface area (TPSA) is 29.5 Å². The average molecular weight is 609 g/mol. The summed E-state index contributed by atoms with van der Waals surface area (Å²) in [6, 6.07) is 50.5. The van der Waals surface area contributed by atoms with Crippen molar-refractivity contribution in [2.75, 3.05) is 0 Å². The van der Waals surface area contributed by atoms with Crippen LogP contribution in [0.4, 0.5) is 0 Å². The van der Waals surface area contributed by atoms with Crippen LogP contribution < -0.4 is 5.46 Å². The minimum Gasteiger partial charge on any atom is -0.427 e. The first-order valence-corrected chi connectivity index (χ1v) is 16.5. The zero-order chi connectivity index (χ0) is 32.3. The molecule has 0 saturated carbocycles. The molecule has 7 aromatic rings. The van der Waals surface area contributed by atoms with E-state index in [9.17, 15) is 5.11 Å². The maximum atomic E-state index is 10.8. The van der Waals surface area contributed by atoms with Crippen LogP contribution >= 0.6 is 0 Å². The van der Waals surface area contributed by atoms with E-state index in [0.717, 1.165) is 5.46 Å². The summed E-state index contributed by atoms with van der Waals surface area (Å²) in [5.41, 5.74) is 11.9. The maximum absolute atomic E-state index is 10.8. The molecule has 47 heavy (non-hydrogen) atoms. The van der Waals surface area contributed by atoms with Crippen LogP contribution in [0, 0.1) is 0 Å². The van der Waals surface area contributed by atoms with Gasteiger partial charge >= 0.3 is 7.48 Å². The van der Waals surface area contributed by atoms with Gasteiger partial charge in [-0.2, -0.15) is 0 Å². The minimum atomic E-state index is -0.982. The molecular formula is C44H37BO2. The van der Waals surface area contributed by atoms with E-state index in [0.29, 0.717) is 7.48 Å². The molecule has 0 amide bonds. The molecule has 7 aromatic carbocycles. The van der Waals surface area contributed by atoms with E-state index >= 15 is 0 Å². The summed E-state index contributed by atoms with van der Waals surface area (Å²) in [6.45, 7) is 7.53. The highest BCUT2D eigenvalue weighted by atomic mass is 16.5. The van der Waals surface area contributed by atoms with Crippen LogP contribution in [0.15, 0.2) is 140 Å². The van der Waals surface area contributed by atoms with Gasteiger partial charge in [0, 0.05) is 0 Å². The lowest BCUT2D eigenvalue weighted by atomic mass is 9.79. The molecule has 3 heteroatoms. The molecule has 0 fully saturated rings. The predicted molar refractivity (Wildman–Crippen MR) is 200 cm³/mol. The van der Waals surface area contributed by atoms with Crippen LogP contribution in [0.3, 0.4) is 0 Å². The largest absolute Gasteiger partial charge is 0.427 e. The van der Waals surface area contributed by atoms with Crippen LogP contribution in [0.5, 0.6) is 0 Å². The molecule has 0 aliphatic heterocycles. The first-order valence-electron chi connectivity index (χ1n) is 16.5. The Morgan fingerprint density at radius 1 is 0.447 bits per heavy atom. The van der Waals surface area contributed by atoms with E-state index in [1.165, 1.54) is 77.2 Å². The second kappa shape index (κ2) is 11.1. The standard InChI is InChI=1S/C44H37BO2/c1-43(2,46)44(3,4)47-45-37-27-26-36-39-34(37)24-15-25-35(39)41-38(29-18-9-6-10-19-29)32-22-13-14-23-33(32)40(42(36)41)31-21-12-11-20-30(31)28-16-7-5-8-17-28/h5-27,45-46H,1-4H3. The number of aliphatic hydroxyl groups is 1. The molecule has 2 nitrogen and oxygen atoms in total. The Bertz CT molecular complexity index is 2300. The van der Waals surface area contributed by atoms with Gasteiger partial charge < -0.3 is 9.76 Å². The lowest BCUT2D eigenvalue weighted by Gasteiger charge is -2.37. The van der Waals surface area contributed by atoms with Gasteiger partial charge in [0.1, 0.15) is 0 Å². The fourth-order valence-electron chi connectivity index (χ4n) is 7.18. The Hall–Kier alpha value is -4.96. The third-order valence-corrected chi connectivity index (χ3v) is 10.3. The summed E-state index contributed by atoms with van der Waals surface area (Å²) >= 11 is 0. The van der Waals surface area contributed by atoms with E-state index in [1.54, 1.807) is 0 Å². The lowest BCUT2D eigenvalue weighted by Crippen LogP contribution is -2.49. The van der Waals surface area contributed by atoms with E-state index < -0.39 is 11.2 Å². The van der Waals surface area contributed by atoms with Crippen molar-refractivity contribution in [3.05, 3.63) is 140 Å². The zero-order valence-corrected chi connectivity index (χ0v) is 27.3. The molecule has 1 aliphatic rings. The van der Waals surface area contributed by atoms with Crippen molar-refractivity contribution in [2.24, 2.45) is 0 Å². The van der Waals surface area contributed by atoms with Crippen molar-refractivity contribution < 1.29 is 9.76 Å². The Balaban J connectivity index is 1.47. The zero-order valence-electron chi connectivity index (χ0n) is 27.3. The number of fused-ring (bicyclic) bond motifs is 4. The molecule has 0 spiro atoms. The molecule has 1 aliphatic carbocycles. The molecule has 0 heterocycles. The van der Waals surface area contributed by atoms with Gasteiger partial charge in [0.2, 0.25) is 0 Å². The minimum absolute atomic E-state index is 0.408. The molecule has 1 N–H and O–H groups in total. The number of hydrogen-bond acceptors (Lipinski definition) is 2. The van der Waals surface area contributed by atoms with Gasteiger partial charge in [0.05, 0.1) is 11.2 Å². The second-order valence-electron chi connectivity index (χ2n) is 13.7. The number of hydrogen-bond donors (Lipinski definition) is 1. The molecule has 0 radical (unpaired) electrons. The first kappa shape index (κ1) is 29.4. The molecule has 0 atom stereocenters. The summed E-state index contributed by atoms with van der Waals surface area (Å²) in [5.74, 6) is 0. The molecule has 0 bridgehead atoms. The Morgan fingerprint density at radius 2 is 0.957 bits per heavy atom. The molecule has 0 saturated heterocycles. The Kier molecular flexibility index (Phi) is 6.95. The summed E-state index contributed by atoms with van der Waals surface area (Å²) < 4.78 is 6.43. The van der Waals surface area contributed by atoms with Crippen LogP contribution in [0.2, 0.25) is 0 Å². The van der Waals surface area contributed by atoms with E-state index in [-0.39, 0.29) is 0 Å². The number of benzene rings is 7. The van der Waals surface area contributed by atoms with Crippen LogP contribution in [0.25, 0.3) is 77.2 Å². The summed E-state index contributed by atoms with van der Waals surface area (Å²) in [6.07, 6.45) is 0. The highest BCUT2D eigenvalue weighted by Crippen LogP contribution is 2.58. The average Bonchev–Trinajstić information content (AvgIpc) is 3.42. The normalized spacial score (nSPS) is 12.4. The van der Waals surface area contributed by atoms with Crippen LogP contribution in [-0.4, -0.2) is 23.8 Å². The lowest BCUT2D eigenvalue weighted by molar-refractivity contribution is -0.0893. The van der Waals surface area contributed by atoms with Crippen molar-refractivity contribution in [1.82, 2.24) is 0 Å². The van der Waals surface area contributed by atoms with Gasteiger partial charge in [-0.3, -0.25) is 0 Å². The van der Waals surface area contributed by atoms with Crippen molar-refractivity contribution in [2.45, 2.75) is 38.9 Å². The van der Waals surface area contributed by atoms with E-state index in [2.05, 4.69) is 140 Å². The monoisotopic (exact) mass is 608 g/mol. The summed E-state index contributed by atoms with van der Waals surface area (Å²) in [4.78, 5) is 0. The smallest absolute Gasteiger partial charge is 0.310 e. The van der Waals surface area contributed by atoms with Gasteiger partial charge in [0.25, 0.3) is 0 Å². The SMILES string of the molecule is CC(C)(O)C(C)(C)OBc1ccc2c3c(cccc13)-c1c-2c(-c2ccccc2-c2ccccc2)c2ccccc2c1-c1ccccc1.